The number of aliphatic hydroxyl groups is 1. The molecule has 3 aliphatic heterocycles. The fourth-order valence-electron chi connectivity index (χ4n) is 4.80. The normalized spacial score (nSPS) is 38.3. The number of hydrogen-bond donors (Lipinski definition) is 2. The van der Waals surface area contributed by atoms with Crippen LogP contribution in [0.25, 0.3) is 0 Å². The van der Waals surface area contributed by atoms with E-state index in [0.29, 0.717) is 6.42 Å². The van der Waals surface area contributed by atoms with E-state index in [1.807, 2.05) is 13.8 Å². The fourth-order valence-corrected chi connectivity index (χ4v) is 5.74. The van der Waals surface area contributed by atoms with Crippen LogP contribution in [0.2, 0.25) is 0 Å². The average molecular weight is 447 g/mol. The number of ether oxygens (including phenoxy) is 2. The van der Waals surface area contributed by atoms with Gasteiger partial charge in [0.15, 0.2) is 0 Å². The number of amides is 2. The molecule has 0 radical (unpaired) electrons. The van der Waals surface area contributed by atoms with Crippen LogP contribution in [-0.4, -0.2) is 75.7 Å². The summed E-state index contributed by atoms with van der Waals surface area (Å²) >= 11 is 3.56. The molecule has 1 unspecified atom stereocenters. The third-order valence-corrected chi connectivity index (χ3v) is 6.55. The van der Waals surface area contributed by atoms with Crippen LogP contribution in [0, 0.1) is 11.8 Å². The molecule has 0 aromatic rings. The van der Waals surface area contributed by atoms with Gasteiger partial charge in [0, 0.05) is 10.9 Å². The molecular formula is C18H27BrN2O6. The highest BCUT2D eigenvalue weighted by Crippen LogP contribution is 2.60. The van der Waals surface area contributed by atoms with Crippen molar-refractivity contribution >= 4 is 33.7 Å². The minimum absolute atomic E-state index is 0.117. The van der Waals surface area contributed by atoms with E-state index in [0.717, 1.165) is 0 Å². The fraction of sp³-hybridized carbons (Fsp3) is 0.833. The number of halogens is 1. The van der Waals surface area contributed by atoms with Crippen molar-refractivity contribution in [2.24, 2.45) is 11.8 Å². The minimum atomic E-state index is -1.10. The number of likely N-dealkylation sites (tertiary alicyclic amines) is 1. The Morgan fingerprint density at radius 1 is 1.44 bits per heavy atom. The molecule has 0 saturated carbocycles. The number of carbonyl (C=O) groups excluding carboxylic acids is 3. The molecule has 3 heterocycles. The van der Waals surface area contributed by atoms with Crippen LogP contribution in [0.5, 0.6) is 0 Å². The number of nitrogens with one attached hydrogen (secondary N) is 1. The molecule has 8 nitrogen and oxygen atoms in total. The molecule has 9 heteroatoms. The molecular weight excluding hydrogens is 420 g/mol. The Bertz CT molecular complexity index is 643. The van der Waals surface area contributed by atoms with Gasteiger partial charge >= 0.3 is 5.97 Å². The number of hydrogen-bond acceptors (Lipinski definition) is 6. The first-order chi connectivity index (χ1) is 12.7. The summed E-state index contributed by atoms with van der Waals surface area (Å²) in [6, 6.07) is -1.59. The maximum atomic E-state index is 13.3. The Balaban J connectivity index is 2.06. The number of aliphatic hydroxyl groups excluding tert-OH is 1. The second-order valence-corrected chi connectivity index (χ2v) is 9.03. The summed E-state index contributed by atoms with van der Waals surface area (Å²) in [6.45, 7) is 6.99. The smallest absolute Gasteiger partial charge is 0.312 e. The van der Waals surface area contributed by atoms with Crippen molar-refractivity contribution in [2.45, 2.75) is 68.8 Å². The summed E-state index contributed by atoms with van der Waals surface area (Å²) in [5.41, 5.74) is -1.10. The number of carbonyl (C=O) groups is 3. The van der Waals surface area contributed by atoms with E-state index in [1.165, 1.54) is 4.90 Å². The van der Waals surface area contributed by atoms with Gasteiger partial charge in [0.25, 0.3) is 0 Å². The summed E-state index contributed by atoms with van der Waals surface area (Å²) in [7, 11) is 0. The van der Waals surface area contributed by atoms with Crippen molar-refractivity contribution in [3.8, 4) is 0 Å². The molecule has 7 atom stereocenters. The SMILES string of the molecule is CCOC(=O)[C@@H]1[C@H]2O[C@@]3(CC2Br)[C@H](C(=O)NC(C)C)N([C@H](C)CO)C(=O)[C@@H]13. The molecule has 27 heavy (non-hydrogen) atoms. The van der Waals surface area contributed by atoms with Gasteiger partial charge in [-0.25, -0.2) is 0 Å². The second kappa shape index (κ2) is 7.33. The minimum Gasteiger partial charge on any atom is -0.466 e. The molecule has 0 aromatic heterocycles. The lowest BCUT2D eigenvalue weighted by Gasteiger charge is -2.36. The Kier molecular flexibility index (Phi) is 5.58. The van der Waals surface area contributed by atoms with Crippen LogP contribution in [0.3, 0.4) is 0 Å². The van der Waals surface area contributed by atoms with Crippen LogP contribution in [-0.2, 0) is 23.9 Å². The highest BCUT2D eigenvalue weighted by Gasteiger charge is 2.77. The Labute approximate surface area is 167 Å². The number of alkyl halides is 1. The van der Waals surface area contributed by atoms with Gasteiger partial charge in [-0.1, -0.05) is 15.9 Å². The highest BCUT2D eigenvalue weighted by molar-refractivity contribution is 9.09. The molecule has 2 bridgehead atoms. The van der Waals surface area contributed by atoms with Gasteiger partial charge in [-0.2, -0.15) is 0 Å². The molecule has 3 rings (SSSR count). The lowest BCUT2D eigenvalue weighted by Crippen LogP contribution is -2.58. The van der Waals surface area contributed by atoms with Crippen molar-refractivity contribution in [3.05, 3.63) is 0 Å². The summed E-state index contributed by atoms with van der Waals surface area (Å²) in [5, 5.41) is 12.5. The zero-order valence-electron chi connectivity index (χ0n) is 16.0. The monoisotopic (exact) mass is 446 g/mol. The lowest BCUT2D eigenvalue weighted by molar-refractivity contribution is -0.155. The first kappa shape index (κ1) is 20.5. The van der Waals surface area contributed by atoms with Crippen molar-refractivity contribution < 1.29 is 29.0 Å². The van der Waals surface area contributed by atoms with E-state index in [9.17, 15) is 19.5 Å². The van der Waals surface area contributed by atoms with E-state index in [4.69, 9.17) is 9.47 Å². The van der Waals surface area contributed by atoms with E-state index in [2.05, 4.69) is 21.2 Å². The van der Waals surface area contributed by atoms with Crippen LogP contribution in [0.4, 0.5) is 0 Å². The molecule has 2 N–H and O–H groups in total. The van der Waals surface area contributed by atoms with E-state index in [1.54, 1.807) is 13.8 Å². The van der Waals surface area contributed by atoms with Gasteiger partial charge in [0.05, 0.1) is 37.2 Å². The van der Waals surface area contributed by atoms with E-state index in [-0.39, 0.29) is 35.9 Å². The first-order valence-electron chi connectivity index (χ1n) is 9.41. The van der Waals surface area contributed by atoms with Crippen molar-refractivity contribution in [1.29, 1.82) is 0 Å². The average Bonchev–Trinajstić information content (AvgIpc) is 3.17. The topological polar surface area (TPSA) is 105 Å². The Hall–Kier alpha value is -1.19. The molecule has 0 aliphatic carbocycles. The van der Waals surface area contributed by atoms with Gasteiger partial charge < -0.3 is 24.8 Å². The number of nitrogens with zero attached hydrogens (tertiary/aromatic N) is 1. The summed E-state index contributed by atoms with van der Waals surface area (Å²) in [6.07, 6.45) is -0.0756. The van der Waals surface area contributed by atoms with Crippen LogP contribution < -0.4 is 5.32 Å². The van der Waals surface area contributed by atoms with E-state index >= 15 is 0 Å². The molecule has 0 aromatic carbocycles. The molecule has 2 amide bonds. The quantitative estimate of drug-likeness (QED) is 0.446. The largest absolute Gasteiger partial charge is 0.466 e. The van der Waals surface area contributed by atoms with Gasteiger partial charge in [-0.05, 0) is 34.1 Å². The van der Waals surface area contributed by atoms with Crippen LogP contribution in [0.15, 0.2) is 0 Å². The predicted molar refractivity (Wildman–Crippen MR) is 99.0 cm³/mol. The van der Waals surface area contributed by atoms with Crippen molar-refractivity contribution in [1.82, 2.24) is 10.2 Å². The molecule has 3 saturated heterocycles. The second-order valence-electron chi connectivity index (χ2n) is 7.86. The zero-order chi connectivity index (χ0) is 20.1. The van der Waals surface area contributed by atoms with Crippen molar-refractivity contribution in [2.75, 3.05) is 13.2 Å². The third-order valence-electron chi connectivity index (χ3n) is 5.70. The number of esters is 1. The zero-order valence-corrected chi connectivity index (χ0v) is 17.6. The Morgan fingerprint density at radius 3 is 2.67 bits per heavy atom. The molecule has 3 fully saturated rings. The summed E-state index contributed by atoms with van der Waals surface area (Å²) in [4.78, 5) is 40.3. The van der Waals surface area contributed by atoms with Crippen LogP contribution >= 0.6 is 15.9 Å². The van der Waals surface area contributed by atoms with Gasteiger partial charge in [0.1, 0.15) is 11.6 Å². The number of rotatable bonds is 6. The molecule has 1 spiro atoms. The Morgan fingerprint density at radius 2 is 2.11 bits per heavy atom. The van der Waals surface area contributed by atoms with Crippen molar-refractivity contribution in [3.63, 3.8) is 0 Å². The molecule has 152 valence electrons. The third kappa shape index (κ3) is 2.98. The van der Waals surface area contributed by atoms with Gasteiger partial charge in [0.2, 0.25) is 11.8 Å². The maximum Gasteiger partial charge on any atom is 0.312 e. The highest BCUT2D eigenvalue weighted by atomic mass is 79.9. The lowest BCUT2D eigenvalue weighted by atomic mass is 9.70. The van der Waals surface area contributed by atoms with Crippen LogP contribution in [0.1, 0.15) is 34.1 Å². The predicted octanol–water partition coefficient (Wildman–Crippen LogP) is 0.203. The maximum absolute atomic E-state index is 13.3. The molecule has 3 aliphatic rings. The van der Waals surface area contributed by atoms with Gasteiger partial charge in [-0.15, -0.1) is 0 Å². The summed E-state index contributed by atoms with van der Waals surface area (Å²) in [5.74, 6) is -2.69. The number of fused-ring (bicyclic) bond motifs is 1. The first-order valence-corrected chi connectivity index (χ1v) is 10.3. The van der Waals surface area contributed by atoms with E-state index < -0.39 is 41.6 Å². The standard InChI is InChI=1S/C18H27BrN2O6/c1-5-26-17(25)11-12-16(24)21(9(4)7-22)14(15(23)20-8(2)3)18(12)6-10(19)13(11)27-18/h8-14,22H,5-7H2,1-4H3,(H,20,23)/t9-,10?,11+,12-,13+,14+,18-/m1/s1. The summed E-state index contributed by atoms with van der Waals surface area (Å²) < 4.78 is 11.4. The van der Waals surface area contributed by atoms with Gasteiger partial charge in [-0.3, -0.25) is 14.4 Å².